The van der Waals surface area contributed by atoms with Gasteiger partial charge in [-0.15, -0.1) is 0 Å². The molecule has 0 saturated carbocycles. The summed E-state index contributed by atoms with van der Waals surface area (Å²) < 4.78 is 14.5. The first-order chi connectivity index (χ1) is 17.2. The number of halogens is 1. The number of nitrogens with two attached hydrogens (primary N) is 1. The van der Waals surface area contributed by atoms with Crippen molar-refractivity contribution in [3.8, 4) is 5.75 Å². The number of nitrogens with zero attached hydrogens (tertiary/aromatic N) is 5. The maximum Gasteiger partial charge on any atom is 0.410 e. The van der Waals surface area contributed by atoms with Crippen LogP contribution in [-0.2, 0) is 17.7 Å². The number of aryl methyl sites for hydroxylation is 1. The van der Waals surface area contributed by atoms with Crippen LogP contribution in [0.25, 0.3) is 11.2 Å². The van der Waals surface area contributed by atoms with E-state index in [0.29, 0.717) is 36.9 Å². The summed E-state index contributed by atoms with van der Waals surface area (Å²) >= 11 is 5.29. The lowest BCUT2D eigenvalue weighted by Crippen LogP contribution is -2.41. The number of aromatic nitrogens is 4. The van der Waals surface area contributed by atoms with Gasteiger partial charge >= 0.3 is 6.09 Å². The van der Waals surface area contributed by atoms with Crippen LogP contribution in [0.4, 0.5) is 10.6 Å². The van der Waals surface area contributed by atoms with Crippen LogP contribution in [0.5, 0.6) is 5.75 Å². The first-order valence-electron chi connectivity index (χ1n) is 12.3. The van der Waals surface area contributed by atoms with Gasteiger partial charge in [-0.25, -0.2) is 19.7 Å². The number of hydrogen-bond acceptors (Lipinski definition) is 8. The molecular weight excluding hydrogens is 544 g/mol. The number of hydrogen-bond donors (Lipinski definition) is 1. The van der Waals surface area contributed by atoms with Crippen molar-refractivity contribution < 1.29 is 14.3 Å². The number of nitrogen functional groups attached to an aromatic ring is 1. The quantitative estimate of drug-likeness (QED) is 0.437. The molecule has 1 fully saturated rings. The van der Waals surface area contributed by atoms with E-state index in [1.807, 2.05) is 25.7 Å². The van der Waals surface area contributed by atoms with E-state index in [0.717, 1.165) is 58.1 Å². The Morgan fingerprint density at radius 2 is 2.06 bits per heavy atom. The summed E-state index contributed by atoms with van der Waals surface area (Å²) in [4.78, 5) is 28.7. The highest BCUT2D eigenvalue weighted by molar-refractivity contribution is 9.10. The van der Waals surface area contributed by atoms with Crippen molar-refractivity contribution in [3.63, 3.8) is 0 Å². The van der Waals surface area contributed by atoms with Crippen LogP contribution in [0.15, 0.2) is 33.0 Å². The van der Waals surface area contributed by atoms with Gasteiger partial charge in [-0.1, -0.05) is 11.8 Å². The number of carbonyl (C=O) groups excluding carboxylic acids is 1. The molecule has 2 aromatic heterocycles. The van der Waals surface area contributed by atoms with Gasteiger partial charge in [0.15, 0.2) is 22.1 Å². The predicted octanol–water partition coefficient (Wildman–Crippen LogP) is 5.29. The van der Waals surface area contributed by atoms with Crippen molar-refractivity contribution in [1.29, 1.82) is 0 Å². The molecule has 1 saturated heterocycles. The Morgan fingerprint density at radius 1 is 1.28 bits per heavy atom. The van der Waals surface area contributed by atoms with E-state index in [1.165, 1.54) is 11.9 Å². The van der Waals surface area contributed by atoms with Crippen LogP contribution < -0.4 is 10.5 Å². The maximum atomic E-state index is 12.4. The Labute approximate surface area is 223 Å². The molecular formula is C25H31BrN6O3S. The SMILES string of the molecule is CC(C)(C)OC(=O)N1CCC(CCn2c(Sc3cc4c(cc3Br)CCO4)nc3c(N)ncnc32)CC1. The number of piperidine rings is 1. The Morgan fingerprint density at radius 3 is 2.81 bits per heavy atom. The number of carbonyl (C=O) groups is 1. The largest absolute Gasteiger partial charge is 0.493 e. The first-order valence-corrected chi connectivity index (χ1v) is 13.9. The summed E-state index contributed by atoms with van der Waals surface area (Å²) in [7, 11) is 0. The Balaban J connectivity index is 1.31. The molecule has 192 valence electrons. The number of benzene rings is 1. The third-order valence-corrected chi connectivity index (χ3v) is 8.47. The molecule has 0 unspecified atom stereocenters. The minimum atomic E-state index is -0.478. The van der Waals surface area contributed by atoms with Crippen molar-refractivity contribution in [1.82, 2.24) is 24.4 Å². The van der Waals surface area contributed by atoms with Crippen LogP contribution in [0.3, 0.4) is 0 Å². The molecule has 36 heavy (non-hydrogen) atoms. The van der Waals surface area contributed by atoms with Crippen LogP contribution in [-0.4, -0.2) is 55.8 Å². The Hall–Kier alpha value is -2.53. The monoisotopic (exact) mass is 574 g/mol. The maximum absolute atomic E-state index is 12.4. The molecule has 2 N–H and O–H groups in total. The van der Waals surface area contributed by atoms with E-state index in [-0.39, 0.29) is 6.09 Å². The number of rotatable bonds is 5. The van der Waals surface area contributed by atoms with Gasteiger partial charge < -0.3 is 24.7 Å². The third kappa shape index (κ3) is 5.41. The molecule has 2 aliphatic rings. The molecule has 5 rings (SSSR count). The molecule has 4 heterocycles. The molecule has 11 heteroatoms. The van der Waals surface area contributed by atoms with E-state index >= 15 is 0 Å². The number of imidazole rings is 1. The molecule has 1 aromatic carbocycles. The predicted molar refractivity (Wildman–Crippen MR) is 142 cm³/mol. The fourth-order valence-electron chi connectivity index (χ4n) is 4.61. The smallest absolute Gasteiger partial charge is 0.410 e. The molecule has 0 spiro atoms. The van der Waals surface area contributed by atoms with Crippen LogP contribution >= 0.6 is 27.7 Å². The minimum absolute atomic E-state index is 0.226. The number of fused-ring (bicyclic) bond motifs is 2. The second kappa shape index (κ2) is 10.1. The van der Waals surface area contributed by atoms with E-state index in [1.54, 1.807) is 11.8 Å². The highest BCUT2D eigenvalue weighted by Crippen LogP contribution is 2.40. The zero-order chi connectivity index (χ0) is 25.4. The average molecular weight is 576 g/mol. The summed E-state index contributed by atoms with van der Waals surface area (Å²) in [5.41, 5.74) is 8.24. The lowest BCUT2D eigenvalue weighted by molar-refractivity contribution is 0.0180. The van der Waals surface area contributed by atoms with Gasteiger partial charge in [0.05, 0.1) is 6.61 Å². The van der Waals surface area contributed by atoms with Crippen molar-refractivity contribution >= 4 is 50.8 Å². The van der Waals surface area contributed by atoms with Gasteiger partial charge in [-0.3, -0.25) is 0 Å². The minimum Gasteiger partial charge on any atom is -0.493 e. The highest BCUT2D eigenvalue weighted by Gasteiger charge is 2.27. The number of likely N-dealkylation sites (tertiary alicyclic amines) is 1. The van der Waals surface area contributed by atoms with Gasteiger partial charge in [-0.2, -0.15) is 0 Å². The average Bonchev–Trinajstić information content (AvgIpc) is 3.42. The molecule has 2 aliphatic heterocycles. The van der Waals surface area contributed by atoms with Gasteiger partial charge in [0.25, 0.3) is 0 Å². The fourth-order valence-corrected chi connectivity index (χ4v) is 6.19. The molecule has 0 aliphatic carbocycles. The topological polar surface area (TPSA) is 108 Å². The van der Waals surface area contributed by atoms with Crippen LogP contribution in [0.2, 0.25) is 0 Å². The zero-order valence-electron chi connectivity index (χ0n) is 20.8. The number of amides is 1. The zero-order valence-corrected chi connectivity index (χ0v) is 23.2. The van der Waals surface area contributed by atoms with Gasteiger partial charge in [0.2, 0.25) is 0 Å². The van der Waals surface area contributed by atoms with Crippen molar-refractivity contribution in [2.24, 2.45) is 5.92 Å². The molecule has 0 atom stereocenters. The van der Waals surface area contributed by atoms with E-state index in [4.69, 9.17) is 20.2 Å². The Bertz CT molecular complexity index is 1280. The molecule has 3 aromatic rings. The standard InChI is InChI=1S/C25H31BrN6O3S/c1-25(2,3)35-24(33)31-8-4-15(5-9-31)6-10-32-22-20(21(27)28-14-29-22)30-23(32)36-19-13-18-16(7-11-34-18)12-17(19)26/h12-15H,4-11H2,1-3H3,(H2,27,28,29). The number of ether oxygens (including phenoxy) is 2. The van der Waals surface area contributed by atoms with Crippen molar-refractivity contribution in [2.45, 2.75) is 68.7 Å². The number of anilines is 1. The van der Waals surface area contributed by atoms with Gasteiger partial charge in [0.1, 0.15) is 17.7 Å². The van der Waals surface area contributed by atoms with Gasteiger partial charge in [0, 0.05) is 35.4 Å². The molecule has 0 bridgehead atoms. The molecule has 0 radical (unpaired) electrons. The highest BCUT2D eigenvalue weighted by atomic mass is 79.9. The van der Waals surface area contributed by atoms with Crippen molar-refractivity contribution in [2.75, 3.05) is 25.4 Å². The van der Waals surface area contributed by atoms with Gasteiger partial charge in [-0.05, 0) is 79.6 Å². The second-order valence-corrected chi connectivity index (χ2v) is 12.1. The van der Waals surface area contributed by atoms with Crippen LogP contribution in [0.1, 0.15) is 45.6 Å². The van der Waals surface area contributed by atoms with E-state index < -0.39 is 5.60 Å². The second-order valence-electron chi connectivity index (χ2n) is 10.3. The van der Waals surface area contributed by atoms with Crippen molar-refractivity contribution in [3.05, 3.63) is 28.5 Å². The summed E-state index contributed by atoms with van der Waals surface area (Å²) in [5.74, 6) is 1.81. The lowest BCUT2D eigenvalue weighted by Gasteiger charge is -2.33. The summed E-state index contributed by atoms with van der Waals surface area (Å²) in [5, 5.41) is 0.821. The molecule has 9 nitrogen and oxygen atoms in total. The third-order valence-electron chi connectivity index (χ3n) is 6.50. The summed E-state index contributed by atoms with van der Waals surface area (Å²) in [6.07, 6.45) is 5.04. The summed E-state index contributed by atoms with van der Waals surface area (Å²) in [6.45, 7) is 8.58. The fraction of sp³-hybridized carbons (Fsp3) is 0.520. The normalized spacial score (nSPS) is 16.3. The molecule has 1 amide bonds. The van der Waals surface area contributed by atoms with E-state index in [2.05, 4.69) is 42.6 Å². The Kier molecular flexibility index (Phi) is 7.04. The van der Waals surface area contributed by atoms with Crippen LogP contribution in [0, 0.1) is 5.92 Å². The first kappa shape index (κ1) is 25.1. The summed E-state index contributed by atoms with van der Waals surface area (Å²) in [6, 6.07) is 4.20. The van der Waals surface area contributed by atoms with E-state index in [9.17, 15) is 4.79 Å². The lowest BCUT2D eigenvalue weighted by atomic mass is 9.94.